The van der Waals surface area contributed by atoms with Crippen molar-refractivity contribution >= 4 is 17.6 Å². The van der Waals surface area contributed by atoms with Gasteiger partial charge in [0, 0.05) is 30.3 Å². The van der Waals surface area contributed by atoms with Gasteiger partial charge in [-0.1, -0.05) is 13.0 Å². The molecule has 1 unspecified atom stereocenters. The molecule has 1 aromatic carbocycles. The topological polar surface area (TPSA) is 89.8 Å². The lowest BCUT2D eigenvalue weighted by Crippen LogP contribution is -2.41. The Kier molecular flexibility index (Phi) is 6.03. The third-order valence-electron chi connectivity index (χ3n) is 3.26. The molecule has 0 spiro atoms. The molecular formula is C15H20N2O5. The molecule has 0 aliphatic carbocycles. The number of nitro groups is 1. The Labute approximate surface area is 129 Å². The number of nitrogens with zero attached hydrogens (tertiary/aromatic N) is 2. The van der Waals surface area contributed by atoms with Crippen LogP contribution in [0.4, 0.5) is 5.69 Å². The minimum absolute atomic E-state index is 0.143. The van der Waals surface area contributed by atoms with Crippen molar-refractivity contribution in [1.29, 1.82) is 0 Å². The Bertz CT molecular complexity index is 571. The highest BCUT2D eigenvalue weighted by Gasteiger charge is 2.25. The Morgan fingerprint density at radius 2 is 1.95 bits per heavy atom. The van der Waals surface area contributed by atoms with Crippen LogP contribution in [-0.2, 0) is 9.53 Å². The first-order chi connectivity index (χ1) is 10.3. The summed E-state index contributed by atoms with van der Waals surface area (Å²) < 4.78 is 4.66. The Balaban J connectivity index is 3.01. The first kappa shape index (κ1) is 17.6. The molecule has 7 nitrogen and oxygen atoms in total. The van der Waals surface area contributed by atoms with E-state index in [4.69, 9.17) is 0 Å². The minimum Gasteiger partial charge on any atom is -0.469 e. The van der Waals surface area contributed by atoms with Crippen molar-refractivity contribution in [3.63, 3.8) is 0 Å². The second kappa shape index (κ2) is 7.53. The zero-order valence-electron chi connectivity index (χ0n) is 13.1. The number of amides is 1. The summed E-state index contributed by atoms with van der Waals surface area (Å²) in [6, 6.07) is 5.40. The Morgan fingerprint density at radius 1 is 1.32 bits per heavy atom. The summed E-state index contributed by atoms with van der Waals surface area (Å²) in [5.74, 6) is -1.23. The van der Waals surface area contributed by atoms with Gasteiger partial charge in [0.05, 0.1) is 18.0 Å². The predicted molar refractivity (Wildman–Crippen MR) is 80.4 cm³/mol. The quantitative estimate of drug-likeness (QED) is 0.457. The number of hydrogen-bond donors (Lipinski definition) is 0. The van der Waals surface area contributed by atoms with E-state index in [0.717, 1.165) is 0 Å². The first-order valence-corrected chi connectivity index (χ1v) is 6.91. The van der Waals surface area contributed by atoms with Crippen LogP contribution in [0.15, 0.2) is 24.3 Å². The number of benzene rings is 1. The minimum atomic E-state index is -0.548. The second-order valence-electron chi connectivity index (χ2n) is 5.28. The van der Waals surface area contributed by atoms with Crippen LogP contribution in [0.25, 0.3) is 0 Å². The van der Waals surface area contributed by atoms with Crippen molar-refractivity contribution in [3.05, 3.63) is 39.9 Å². The first-order valence-electron chi connectivity index (χ1n) is 6.91. The number of rotatable bonds is 6. The van der Waals surface area contributed by atoms with E-state index in [1.165, 1.54) is 36.3 Å². The zero-order valence-corrected chi connectivity index (χ0v) is 13.1. The average Bonchev–Trinajstić information content (AvgIpc) is 2.50. The molecule has 120 valence electrons. The average molecular weight is 308 g/mol. The number of carbonyl (C=O) groups excluding carboxylic acids is 2. The summed E-state index contributed by atoms with van der Waals surface area (Å²) in [4.78, 5) is 35.8. The van der Waals surface area contributed by atoms with E-state index in [-0.39, 0.29) is 29.7 Å². The molecule has 1 atom stereocenters. The maximum Gasteiger partial charge on any atom is 0.310 e. The molecule has 0 N–H and O–H groups in total. The van der Waals surface area contributed by atoms with E-state index in [0.29, 0.717) is 0 Å². The fourth-order valence-corrected chi connectivity index (χ4v) is 2.02. The van der Waals surface area contributed by atoms with Gasteiger partial charge < -0.3 is 9.64 Å². The standard InChI is InChI=1S/C15H20N2O5/c1-10(2)16(9-11(3)15(19)22-4)14(18)12-6-5-7-13(8-12)17(20)21/h5-8,10-11H,9H2,1-4H3. The molecule has 0 bridgehead atoms. The number of esters is 1. The lowest BCUT2D eigenvalue weighted by Gasteiger charge is -2.28. The van der Waals surface area contributed by atoms with Gasteiger partial charge in [-0.15, -0.1) is 0 Å². The normalized spacial score (nSPS) is 11.9. The Morgan fingerprint density at radius 3 is 2.45 bits per heavy atom. The third kappa shape index (κ3) is 4.28. The van der Waals surface area contributed by atoms with Gasteiger partial charge in [0.2, 0.25) is 0 Å². The molecule has 1 amide bonds. The summed E-state index contributed by atoms with van der Waals surface area (Å²) in [6.07, 6.45) is 0. The monoisotopic (exact) mass is 308 g/mol. The number of hydrogen-bond acceptors (Lipinski definition) is 5. The van der Waals surface area contributed by atoms with Gasteiger partial charge in [-0.2, -0.15) is 0 Å². The molecule has 22 heavy (non-hydrogen) atoms. The van der Waals surface area contributed by atoms with E-state index < -0.39 is 16.8 Å². The lowest BCUT2D eigenvalue weighted by atomic mass is 10.1. The largest absolute Gasteiger partial charge is 0.469 e. The lowest BCUT2D eigenvalue weighted by molar-refractivity contribution is -0.384. The van der Waals surface area contributed by atoms with Crippen LogP contribution < -0.4 is 0 Å². The highest BCUT2D eigenvalue weighted by molar-refractivity contribution is 5.95. The molecule has 0 heterocycles. The fraction of sp³-hybridized carbons (Fsp3) is 0.467. The van der Waals surface area contributed by atoms with Crippen LogP contribution in [0, 0.1) is 16.0 Å². The van der Waals surface area contributed by atoms with E-state index in [1.54, 1.807) is 6.92 Å². The smallest absolute Gasteiger partial charge is 0.310 e. The molecular weight excluding hydrogens is 288 g/mol. The van der Waals surface area contributed by atoms with E-state index in [9.17, 15) is 19.7 Å². The fourth-order valence-electron chi connectivity index (χ4n) is 2.02. The number of ether oxygens (including phenoxy) is 1. The highest BCUT2D eigenvalue weighted by Crippen LogP contribution is 2.17. The maximum atomic E-state index is 12.6. The van der Waals surface area contributed by atoms with Crippen molar-refractivity contribution in [1.82, 2.24) is 4.90 Å². The number of methoxy groups -OCH3 is 1. The molecule has 0 aliphatic heterocycles. The van der Waals surface area contributed by atoms with Crippen molar-refractivity contribution < 1.29 is 19.2 Å². The molecule has 0 saturated heterocycles. The van der Waals surface area contributed by atoms with Crippen LogP contribution in [0.2, 0.25) is 0 Å². The molecule has 0 fully saturated rings. The van der Waals surface area contributed by atoms with Gasteiger partial charge in [0.25, 0.3) is 11.6 Å². The van der Waals surface area contributed by atoms with Gasteiger partial charge in [0.15, 0.2) is 0 Å². The molecule has 0 aliphatic rings. The van der Waals surface area contributed by atoms with Gasteiger partial charge in [-0.3, -0.25) is 19.7 Å². The number of nitro benzene ring substituents is 1. The van der Waals surface area contributed by atoms with E-state index in [2.05, 4.69) is 4.74 Å². The van der Waals surface area contributed by atoms with Gasteiger partial charge >= 0.3 is 5.97 Å². The van der Waals surface area contributed by atoms with Crippen molar-refractivity contribution in [2.75, 3.05) is 13.7 Å². The van der Waals surface area contributed by atoms with Crippen molar-refractivity contribution in [2.45, 2.75) is 26.8 Å². The zero-order chi connectivity index (χ0) is 16.9. The summed E-state index contributed by atoms with van der Waals surface area (Å²) in [6.45, 7) is 5.49. The number of carbonyl (C=O) groups is 2. The molecule has 1 rings (SSSR count). The van der Waals surface area contributed by atoms with E-state index in [1.807, 2.05) is 13.8 Å². The Hall–Kier alpha value is -2.44. The van der Waals surface area contributed by atoms with Crippen molar-refractivity contribution in [2.24, 2.45) is 5.92 Å². The van der Waals surface area contributed by atoms with Crippen LogP contribution in [0.3, 0.4) is 0 Å². The molecule has 1 aromatic rings. The van der Waals surface area contributed by atoms with Crippen LogP contribution in [-0.4, -0.2) is 41.4 Å². The second-order valence-corrected chi connectivity index (χ2v) is 5.28. The molecule has 0 aromatic heterocycles. The predicted octanol–water partition coefficient (Wildman–Crippen LogP) is 2.25. The summed E-state index contributed by atoms with van der Waals surface area (Å²) in [5.41, 5.74) is 0.0792. The van der Waals surface area contributed by atoms with Gasteiger partial charge in [-0.05, 0) is 19.9 Å². The SMILES string of the molecule is COC(=O)C(C)CN(C(=O)c1cccc([N+](=O)[O-])c1)C(C)C. The maximum absolute atomic E-state index is 12.6. The summed E-state index contributed by atoms with van der Waals surface area (Å²) in [5, 5.41) is 10.8. The molecule has 0 radical (unpaired) electrons. The van der Waals surface area contributed by atoms with Crippen LogP contribution in [0.5, 0.6) is 0 Å². The number of non-ortho nitro benzene ring substituents is 1. The third-order valence-corrected chi connectivity index (χ3v) is 3.26. The van der Waals surface area contributed by atoms with Crippen LogP contribution >= 0.6 is 0 Å². The van der Waals surface area contributed by atoms with Crippen molar-refractivity contribution in [3.8, 4) is 0 Å². The molecule has 7 heteroatoms. The highest BCUT2D eigenvalue weighted by atomic mass is 16.6. The van der Waals surface area contributed by atoms with E-state index >= 15 is 0 Å². The van der Waals surface area contributed by atoms with Gasteiger partial charge in [0.1, 0.15) is 0 Å². The molecule has 0 saturated carbocycles. The van der Waals surface area contributed by atoms with Crippen LogP contribution in [0.1, 0.15) is 31.1 Å². The summed E-state index contributed by atoms with van der Waals surface area (Å²) in [7, 11) is 1.29. The summed E-state index contributed by atoms with van der Waals surface area (Å²) >= 11 is 0. The van der Waals surface area contributed by atoms with Gasteiger partial charge in [-0.25, -0.2) is 0 Å².